The fourth-order valence-electron chi connectivity index (χ4n) is 3.11. The monoisotopic (exact) mass is 421 g/mol. The summed E-state index contributed by atoms with van der Waals surface area (Å²) in [5.41, 5.74) is 4.74. The Morgan fingerprint density at radius 1 is 1.06 bits per heavy atom. The largest absolute Gasteiger partial charge is 0.456 e. The Morgan fingerprint density at radius 2 is 1.81 bits per heavy atom. The minimum absolute atomic E-state index is 0.0461. The van der Waals surface area contributed by atoms with Gasteiger partial charge in [-0.2, -0.15) is 0 Å². The van der Waals surface area contributed by atoms with Gasteiger partial charge in [0.05, 0.1) is 6.42 Å². The molecule has 0 saturated carbocycles. The van der Waals surface area contributed by atoms with Gasteiger partial charge in [-0.1, -0.05) is 49.7 Å². The smallest absolute Gasteiger partial charge is 0.306 e. The first-order chi connectivity index (χ1) is 14.8. The van der Waals surface area contributed by atoms with Crippen molar-refractivity contribution in [2.75, 3.05) is 11.9 Å². The number of hydrogen-bond acceptors (Lipinski definition) is 6. The van der Waals surface area contributed by atoms with Crippen molar-refractivity contribution in [1.29, 1.82) is 0 Å². The van der Waals surface area contributed by atoms with Crippen LogP contribution in [-0.2, 0) is 20.7 Å². The van der Waals surface area contributed by atoms with Gasteiger partial charge < -0.3 is 14.5 Å². The summed E-state index contributed by atoms with van der Waals surface area (Å²) < 4.78 is 10.7. The second-order valence-electron chi connectivity index (χ2n) is 7.77. The van der Waals surface area contributed by atoms with Gasteiger partial charge in [0.25, 0.3) is 5.91 Å². The van der Waals surface area contributed by atoms with Crippen LogP contribution in [0.15, 0.2) is 46.9 Å². The number of rotatable bonds is 8. The number of nitrogens with zero attached hydrogens (tertiary/aromatic N) is 2. The Labute approximate surface area is 181 Å². The number of para-hydroxylation sites is 1. The van der Waals surface area contributed by atoms with E-state index in [9.17, 15) is 9.59 Å². The van der Waals surface area contributed by atoms with E-state index in [0.717, 1.165) is 27.9 Å². The van der Waals surface area contributed by atoms with E-state index in [2.05, 4.69) is 29.4 Å². The molecule has 0 aliphatic heterocycles. The summed E-state index contributed by atoms with van der Waals surface area (Å²) >= 11 is 0. The Bertz CT molecular complexity index is 1050. The molecule has 0 spiro atoms. The summed E-state index contributed by atoms with van der Waals surface area (Å²) in [6.07, 6.45) is 0.291. The fraction of sp³-hybridized carbons (Fsp3) is 0.333. The summed E-state index contributed by atoms with van der Waals surface area (Å²) in [5.74, 6) is 0.139. The molecular weight excluding hydrogens is 394 g/mol. The Kier molecular flexibility index (Phi) is 7.18. The average Bonchev–Trinajstić information content (AvgIpc) is 3.21. The number of carbonyl (C=O) groups excluding carboxylic acids is 2. The van der Waals surface area contributed by atoms with Crippen molar-refractivity contribution in [3.05, 3.63) is 65.0 Å². The first-order valence-corrected chi connectivity index (χ1v) is 10.3. The van der Waals surface area contributed by atoms with Crippen LogP contribution in [0.5, 0.6) is 0 Å². The molecule has 0 atom stereocenters. The van der Waals surface area contributed by atoms with E-state index < -0.39 is 5.97 Å². The summed E-state index contributed by atoms with van der Waals surface area (Å²) in [7, 11) is 0. The van der Waals surface area contributed by atoms with E-state index in [1.54, 1.807) is 0 Å². The second kappa shape index (κ2) is 10.0. The molecule has 0 aliphatic carbocycles. The van der Waals surface area contributed by atoms with Crippen LogP contribution >= 0.6 is 0 Å². The van der Waals surface area contributed by atoms with E-state index in [1.807, 2.05) is 56.3 Å². The summed E-state index contributed by atoms with van der Waals surface area (Å²) in [6.45, 7) is 7.71. The number of carbonyl (C=O) groups is 2. The minimum atomic E-state index is -0.501. The lowest BCUT2D eigenvalue weighted by molar-refractivity contribution is -0.147. The number of nitrogens with one attached hydrogen (secondary N) is 1. The predicted molar refractivity (Wildman–Crippen MR) is 118 cm³/mol. The minimum Gasteiger partial charge on any atom is -0.456 e. The molecule has 162 valence electrons. The number of aryl methyl sites for hydroxylation is 3. The molecule has 1 amide bonds. The van der Waals surface area contributed by atoms with Crippen LogP contribution in [0.2, 0.25) is 0 Å². The highest BCUT2D eigenvalue weighted by Gasteiger charge is 2.15. The molecular formula is C24H27N3O4. The van der Waals surface area contributed by atoms with Crippen LogP contribution in [0.25, 0.3) is 11.5 Å². The molecule has 7 nitrogen and oxygen atoms in total. The van der Waals surface area contributed by atoms with Crippen molar-refractivity contribution in [1.82, 2.24) is 10.2 Å². The van der Waals surface area contributed by atoms with Crippen LogP contribution in [0.4, 0.5) is 5.69 Å². The predicted octanol–water partition coefficient (Wildman–Crippen LogP) is 4.59. The number of anilines is 1. The topological polar surface area (TPSA) is 94.3 Å². The highest BCUT2D eigenvalue weighted by Crippen LogP contribution is 2.27. The maximum atomic E-state index is 12.3. The lowest BCUT2D eigenvalue weighted by atomic mass is 9.98. The van der Waals surface area contributed by atoms with Crippen molar-refractivity contribution in [2.24, 2.45) is 0 Å². The fourth-order valence-corrected chi connectivity index (χ4v) is 3.11. The normalized spacial score (nSPS) is 10.9. The lowest BCUT2D eigenvalue weighted by Gasteiger charge is -2.16. The molecule has 3 aromatic rings. The van der Waals surface area contributed by atoms with Crippen LogP contribution in [0, 0.1) is 13.8 Å². The van der Waals surface area contributed by atoms with Gasteiger partial charge in [0, 0.05) is 17.7 Å². The lowest BCUT2D eigenvalue weighted by Crippen LogP contribution is -2.22. The Hall–Kier alpha value is -3.48. The van der Waals surface area contributed by atoms with E-state index in [0.29, 0.717) is 11.8 Å². The van der Waals surface area contributed by atoms with Gasteiger partial charge in [-0.25, -0.2) is 0 Å². The third kappa shape index (κ3) is 6.01. The maximum Gasteiger partial charge on any atom is 0.306 e. The van der Waals surface area contributed by atoms with Gasteiger partial charge in [-0.15, -0.1) is 10.2 Å². The average molecular weight is 421 g/mol. The quantitative estimate of drug-likeness (QED) is 0.535. The summed E-state index contributed by atoms with van der Waals surface area (Å²) in [6, 6.07) is 13.6. The molecule has 31 heavy (non-hydrogen) atoms. The standard InChI is InChI=1S/C24H27N3O4/c1-15(2)19-7-5-6-17(4)23(19)25-20(28)14-30-22(29)13-12-21-26-27-24(31-21)18-10-8-16(3)9-11-18/h5-11,15H,12-14H2,1-4H3,(H,25,28). The van der Waals surface area contributed by atoms with Crippen molar-refractivity contribution in [3.63, 3.8) is 0 Å². The van der Waals surface area contributed by atoms with Gasteiger partial charge >= 0.3 is 5.97 Å². The van der Waals surface area contributed by atoms with Crippen molar-refractivity contribution in [2.45, 2.75) is 46.5 Å². The molecule has 1 aromatic heterocycles. The van der Waals surface area contributed by atoms with Gasteiger partial charge in [0.15, 0.2) is 6.61 Å². The number of benzene rings is 2. The zero-order valence-electron chi connectivity index (χ0n) is 18.3. The second-order valence-corrected chi connectivity index (χ2v) is 7.77. The SMILES string of the molecule is Cc1ccc(-c2nnc(CCC(=O)OCC(=O)Nc3c(C)cccc3C(C)C)o2)cc1. The Morgan fingerprint density at radius 3 is 2.52 bits per heavy atom. The molecule has 7 heteroatoms. The molecule has 2 aromatic carbocycles. The third-order valence-corrected chi connectivity index (χ3v) is 4.86. The molecule has 0 fully saturated rings. The van der Waals surface area contributed by atoms with Crippen molar-refractivity contribution >= 4 is 17.6 Å². The first-order valence-electron chi connectivity index (χ1n) is 10.3. The number of esters is 1. The molecule has 0 aliphatic rings. The molecule has 1 heterocycles. The number of ether oxygens (including phenoxy) is 1. The van der Waals surface area contributed by atoms with E-state index >= 15 is 0 Å². The molecule has 1 N–H and O–H groups in total. The summed E-state index contributed by atoms with van der Waals surface area (Å²) in [4.78, 5) is 24.3. The third-order valence-electron chi connectivity index (χ3n) is 4.86. The van der Waals surface area contributed by atoms with Gasteiger partial charge in [0.2, 0.25) is 11.8 Å². The first kappa shape index (κ1) is 22.2. The van der Waals surface area contributed by atoms with Gasteiger partial charge in [-0.3, -0.25) is 9.59 Å². The zero-order valence-corrected chi connectivity index (χ0v) is 18.3. The molecule has 0 bridgehead atoms. The highest BCUT2D eigenvalue weighted by molar-refractivity contribution is 5.94. The van der Waals surface area contributed by atoms with Crippen LogP contribution < -0.4 is 5.32 Å². The van der Waals surface area contributed by atoms with E-state index in [-0.39, 0.29) is 31.3 Å². The number of hydrogen-bond donors (Lipinski definition) is 1. The molecule has 0 unspecified atom stereocenters. The summed E-state index contributed by atoms with van der Waals surface area (Å²) in [5, 5.41) is 10.8. The molecule has 0 radical (unpaired) electrons. The molecule has 0 saturated heterocycles. The van der Waals surface area contributed by atoms with Crippen LogP contribution in [0.3, 0.4) is 0 Å². The van der Waals surface area contributed by atoms with Gasteiger partial charge in [0.1, 0.15) is 0 Å². The van der Waals surface area contributed by atoms with Crippen LogP contribution in [-0.4, -0.2) is 28.7 Å². The van der Waals surface area contributed by atoms with Crippen molar-refractivity contribution in [3.8, 4) is 11.5 Å². The number of amides is 1. The number of aromatic nitrogens is 2. The van der Waals surface area contributed by atoms with Crippen LogP contribution in [0.1, 0.15) is 48.8 Å². The van der Waals surface area contributed by atoms with Crippen molar-refractivity contribution < 1.29 is 18.7 Å². The van der Waals surface area contributed by atoms with E-state index in [4.69, 9.17) is 9.15 Å². The molecule has 3 rings (SSSR count). The van der Waals surface area contributed by atoms with Gasteiger partial charge in [-0.05, 0) is 43.0 Å². The van der Waals surface area contributed by atoms with E-state index in [1.165, 1.54) is 0 Å². The highest BCUT2D eigenvalue weighted by atomic mass is 16.5. The Balaban J connectivity index is 1.48. The zero-order chi connectivity index (χ0) is 22.4. The maximum absolute atomic E-state index is 12.3.